The summed E-state index contributed by atoms with van der Waals surface area (Å²) in [5, 5.41) is 3.61. The van der Waals surface area contributed by atoms with E-state index in [-0.39, 0.29) is 0 Å². The highest BCUT2D eigenvalue weighted by atomic mass is 16.5. The minimum Gasteiger partial charge on any atom is -0.376 e. The highest BCUT2D eigenvalue weighted by Gasteiger charge is 2.32. The molecule has 0 spiro atoms. The molecule has 0 aromatic rings. The van der Waals surface area contributed by atoms with Crippen LogP contribution in [0.25, 0.3) is 0 Å². The maximum atomic E-state index is 6.26. The fourth-order valence-electron chi connectivity index (χ4n) is 4.22. The van der Waals surface area contributed by atoms with Gasteiger partial charge in [-0.25, -0.2) is 0 Å². The second-order valence-electron chi connectivity index (χ2n) is 6.82. The molecule has 0 radical (unpaired) electrons. The van der Waals surface area contributed by atoms with Crippen molar-refractivity contribution in [3.05, 3.63) is 11.6 Å². The van der Waals surface area contributed by atoms with Crippen molar-refractivity contribution in [3.63, 3.8) is 0 Å². The van der Waals surface area contributed by atoms with Gasteiger partial charge in [-0.15, -0.1) is 0 Å². The van der Waals surface area contributed by atoms with E-state index in [1.165, 1.54) is 70.6 Å². The summed E-state index contributed by atoms with van der Waals surface area (Å²) >= 11 is 0. The van der Waals surface area contributed by atoms with Crippen molar-refractivity contribution in [1.82, 2.24) is 5.32 Å². The normalized spacial score (nSPS) is 24.8. The SMILES string of the molecule is CCOC(C1CCCCC1)C(NC)C1=CCCCCCC1. The van der Waals surface area contributed by atoms with Crippen molar-refractivity contribution in [2.24, 2.45) is 5.92 Å². The number of nitrogens with one attached hydrogen (secondary N) is 1. The molecule has 2 rings (SSSR count). The molecule has 1 fully saturated rings. The summed E-state index contributed by atoms with van der Waals surface area (Å²) < 4.78 is 6.26. The second kappa shape index (κ2) is 9.63. The lowest BCUT2D eigenvalue weighted by Crippen LogP contribution is -2.46. The molecule has 2 aliphatic carbocycles. The van der Waals surface area contributed by atoms with E-state index in [2.05, 4.69) is 25.4 Å². The maximum Gasteiger partial charge on any atom is 0.0794 e. The van der Waals surface area contributed by atoms with Crippen molar-refractivity contribution in [1.29, 1.82) is 0 Å². The van der Waals surface area contributed by atoms with Gasteiger partial charge in [-0.05, 0) is 58.4 Å². The van der Waals surface area contributed by atoms with Gasteiger partial charge in [0.1, 0.15) is 0 Å². The first-order valence-electron chi connectivity index (χ1n) is 9.34. The zero-order chi connectivity index (χ0) is 14.9. The van der Waals surface area contributed by atoms with Gasteiger partial charge < -0.3 is 10.1 Å². The largest absolute Gasteiger partial charge is 0.376 e. The Morgan fingerprint density at radius 1 is 1.10 bits per heavy atom. The number of ether oxygens (including phenoxy) is 1. The van der Waals surface area contributed by atoms with E-state index in [0.717, 1.165) is 12.5 Å². The average Bonchev–Trinajstić information content (AvgIpc) is 2.49. The first kappa shape index (κ1) is 17.0. The third-order valence-electron chi connectivity index (χ3n) is 5.34. The Kier molecular flexibility index (Phi) is 7.81. The highest BCUT2D eigenvalue weighted by molar-refractivity contribution is 5.15. The molecule has 0 bridgehead atoms. The number of allylic oxidation sites excluding steroid dienone is 1. The Bertz CT molecular complexity index is 307. The lowest BCUT2D eigenvalue weighted by molar-refractivity contribution is -0.00903. The van der Waals surface area contributed by atoms with Crippen LogP contribution in [0.2, 0.25) is 0 Å². The molecule has 2 nitrogen and oxygen atoms in total. The highest BCUT2D eigenvalue weighted by Crippen LogP contribution is 2.32. The zero-order valence-electron chi connectivity index (χ0n) is 14.2. The summed E-state index contributed by atoms with van der Waals surface area (Å²) in [6.07, 6.45) is 17.9. The predicted octanol–water partition coefficient (Wildman–Crippen LogP) is 4.84. The molecule has 0 heterocycles. The van der Waals surface area contributed by atoms with E-state index in [9.17, 15) is 0 Å². The van der Waals surface area contributed by atoms with Gasteiger partial charge in [0.15, 0.2) is 0 Å². The number of rotatable bonds is 6. The Balaban J connectivity index is 2.09. The fraction of sp³-hybridized carbons (Fsp3) is 0.895. The molecule has 21 heavy (non-hydrogen) atoms. The molecular formula is C19H35NO. The van der Waals surface area contributed by atoms with E-state index in [1.807, 2.05) is 0 Å². The van der Waals surface area contributed by atoms with Gasteiger partial charge in [0.2, 0.25) is 0 Å². The standard InChI is InChI=1S/C19H35NO/c1-3-21-19(17-14-10-7-11-15-17)18(20-2)16-12-8-5-4-6-9-13-16/h12,17-20H,3-11,13-15H2,1-2H3. The van der Waals surface area contributed by atoms with Crippen LogP contribution in [0.3, 0.4) is 0 Å². The van der Waals surface area contributed by atoms with Gasteiger partial charge in [-0.2, -0.15) is 0 Å². The second-order valence-corrected chi connectivity index (χ2v) is 6.82. The summed E-state index contributed by atoms with van der Waals surface area (Å²) in [4.78, 5) is 0. The van der Waals surface area contributed by atoms with Crippen LogP contribution < -0.4 is 5.32 Å². The number of hydrogen-bond donors (Lipinski definition) is 1. The third-order valence-corrected chi connectivity index (χ3v) is 5.34. The van der Waals surface area contributed by atoms with E-state index in [1.54, 1.807) is 5.57 Å². The van der Waals surface area contributed by atoms with Crippen molar-refractivity contribution < 1.29 is 4.74 Å². The monoisotopic (exact) mass is 293 g/mol. The minimum atomic E-state index is 0.381. The molecule has 0 aromatic heterocycles. The topological polar surface area (TPSA) is 21.3 Å². The molecule has 1 saturated carbocycles. The Hall–Kier alpha value is -0.340. The van der Waals surface area contributed by atoms with Crippen molar-refractivity contribution in [2.45, 2.75) is 89.7 Å². The van der Waals surface area contributed by atoms with Crippen LogP contribution in [0.15, 0.2) is 11.6 Å². The molecule has 0 aliphatic heterocycles. The van der Waals surface area contributed by atoms with Gasteiger partial charge in [0.05, 0.1) is 12.1 Å². The lowest BCUT2D eigenvalue weighted by atomic mass is 9.79. The quantitative estimate of drug-likeness (QED) is 0.707. The van der Waals surface area contributed by atoms with Gasteiger partial charge in [0, 0.05) is 6.61 Å². The third kappa shape index (κ3) is 5.10. The van der Waals surface area contributed by atoms with Gasteiger partial charge in [-0.1, -0.05) is 43.8 Å². The number of likely N-dealkylation sites (N-methyl/N-ethyl adjacent to an activating group) is 1. The Morgan fingerprint density at radius 2 is 1.81 bits per heavy atom. The summed E-state index contributed by atoms with van der Waals surface area (Å²) in [5.74, 6) is 0.752. The van der Waals surface area contributed by atoms with E-state index >= 15 is 0 Å². The van der Waals surface area contributed by atoms with Crippen LogP contribution in [0, 0.1) is 5.92 Å². The molecule has 2 unspecified atom stereocenters. The summed E-state index contributed by atoms with van der Waals surface area (Å²) in [7, 11) is 2.12. The first-order chi connectivity index (χ1) is 10.4. The van der Waals surface area contributed by atoms with Gasteiger partial charge >= 0.3 is 0 Å². The molecule has 0 aromatic carbocycles. The molecule has 122 valence electrons. The van der Waals surface area contributed by atoms with Gasteiger partial charge in [0.25, 0.3) is 0 Å². The minimum absolute atomic E-state index is 0.381. The van der Waals surface area contributed by atoms with Crippen LogP contribution in [0.1, 0.15) is 77.6 Å². The predicted molar refractivity (Wildman–Crippen MR) is 90.6 cm³/mol. The van der Waals surface area contributed by atoms with Crippen molar-refractivity contribution >= 4 is 0 Å². The first-order valence-corrected chi connectivity index (χ1v) is 9.34. The molecule has 0 amide bonds. The molecule has 2 atom stereocenters. The van der Waals surface area contributed by atoms with Crippen LogP contribution in [0.4, 0.5) is 0 Å². The maximum absolute atomic E-state index is 6.26. The number of hydrogen-bond acceptors (Lipinski definition) is 2. The van der Waals surface area contributed by atoms with Crippen molar-refractivity contribution in [2.75, 3.05) is 13.7 Å². The Labute approximate surface area is 131 Å². The summed E-state index contributed by atoms with van der Waals surface area (Å²) in [6.45, 7) is 2.99. The fourth-order valence-corrected chi connectivity index (χ4v) is 4.22. The smallest absolute Gasteiger partial charge is 0.0794 e. The van der Waals surface area contributed by atoms with E-state index in [4.69, 9.17) is 4.74 Å². The van der Waals surface area contributed by atoms with Gasteiger partial charge in [-0.3, -0.25) is 0 Å². The Morgan fingerprint density at radius 3 is 2.52 bits per heavy atom. The molecule has 1 N–H and O–H groups in total. The molecular weight excluding hydrogens is 258 g/mol. The van der Waals surface area contributed by atoms with Crippen LogP contribution >= 0.6 is 0 Å². The summed E-state index contributed by atoms with van der Waals surface area (Å²) in [6, 6.07) is 0.436. The van der Waals surface area contributed by atoms with Crippen LogP contribution in [-0.4, -0.2) is 25.8 Å². The van der Waals surface area contributed by atoms with Crippen molar-refractivity contribution in [3.8, 4) is 0 Å². The zero-order valence-corrected chi connectivity index (χ0v) is 14.2. The molecule has 2 aliphatic rings. The summed E-state index contributed by atoms with van der Waals surface area (Å²) in [5.41, 5.74) is 1.63. The van der Waals surface area contributed by atoms with Crippen LogP contribution in [-0.2, 0) is 4.74 Å². The van der Waals surface area contributed by atoms with E-state index < -0.39 is 0 Å². The lowest BCUT2D eigenvalue weighted by Gasteiger charge is -2.37. The van der Waals surface area contributed by atoms with Crippen LogP contribution in [0.5, 0.6) is 0 Å². The molecule has 0 saturated heterocycles. The molecule has 2 heteroatoms. The van der Waals surface area contributed by atoms with E-state index in [0.29, 0.717) is 12.1 Å². The average molecular weight is 293 g/mol.